The second-order valence-electron chi connectivity index (χ2n) is 7.28. The van der Waals surface area contributed by atoms with E-state index in [1.54, 1.807) is 6.92 Å². The molecule has 3 aromatic carbocycles. The lowest BCUT2D eigenvalue weighted by Gasteiger charge is -2.13. The van der Waals surface area contributed by atoms with Crippen molar-refractivity contribution in [1.82, 2.24) is 9.97 Å². The van der Waals surface area contributed by atoms with E-state index in [2.05, 4.69) is 34.7 Å². The van der Waals surface area contributed by atoms with Crippen LogP contribution in [0.15, 0.2) is 102 Å². The van der Waals surface area contributed by atoms with Crippen LogP contribution in [0.4, 0.5) is 0 Å². The average molecular weight is 453 g/mol. The van der Waals surface area contributed by atoms with E-state index >= 15 is 0 Å². The van der Waals surface area contributed by atoms with E-state index in [0.717, 1.165) is 22.3 Å². The van der Waals surface area contributed by atoms with Gasteiger partial charge in [-0.2, -0.15) is 0 Å². The predicted molar refractivity (Wildman–Crippen MR) is 134 cm³/mol. The standard InChI is InChI=1S/C28H24N2O2S/c1-3-32-27(31)25-20(2)29-28(30-26(25)23-17-11-6-12-18-23)33-19-24(21-13-7-4-8-14-21)22-15-9-5-10-16-22/h4-19H,3H2,1-2H3. The van der Waals surface area contributed by atoms with Gasteiger partial charge in [-0.15, -0.1) is 0 Å². The maximum atomic E-state index is 12.7. The Balaban J connectivity index is 1.78. The summed E-state index contributed by atoms with van der Waals surface area (Å²) >= 11 is 1.44. The highest BCUT2D eigenvalue weighted by Crippen LogP contribution is 2.31. The van der Waals surface area contributed by atoms with Crippen LogP contribution in [0.1, 0.15) is 34.1 Å². The number of carbonyl (C=O) groups is 1. The van der Waals surface area contributed by atoms with E-state index in [1.807, 2.05) is 73.7 Å². The zero-order valence-electron chi connectivity index (χ0n) is 18.6. The molecular formula is C28H24N2O2S. The van der Waals surface area contributed by atoms with Gasteiger partial charge in [0.25, 0.3) is 0 Å². The Labute approximate surface area is 198 Å². The highest BCUT2D eigenvalue weighted by molar-refractivity contribution is 8.02. The fourth-order valence-electron chi connectivity index (χ4n) is 3.50. The number of benzene rings is 3. The van der Waals surface area contributed by atoms with E-state index in [0.29, 0.717) is 28.7 Å². The van der Waals surface area contributed by atoms with E-state index in [-0.39, 0.29) is 0 Å². The number of rotatable bonds is 7. The van der Waals surface area contributed by atoms with Gasteiger partial charge >= 0.3 is 5.97 Å². The van der Waals surface area contributed by atoms with Crippen LogP contribution in [0.2, 0.25) is 0 Å². The number of aryl methyl sites for hydroxylation is 1. The Kier molecular flexibility index (Phi) is 7.33. The van der Waals surface area contributed by atoms with Gasteiger partial charge in [0.05, 0.1) is 18.0 Å². The zero-order valence-corrected chi connectivity index (χ0v) is 19.4. The molecule has 0 aliphatic heterocycles. The van der Waals surface area contributed by atoms with Gasteiger partial charge in [-0.3, -0.25) is 0 Å². The summed E-state index contributed by atoms with van der Waals surface area (Å²) in [6.45, 7) is 3.91. The van der Waals surface area contributed by atoms with Crippen molar-refractivity contribution in [3.8, 4) is 11.3 Å². The van der Waals surface area contributed by atoms with Crippen molar-refractivity contribution in [2.45, 2.75) is 19.0 Å². The van der Waals surface area contributed by atoms with Crippen molar-refractivity contribution in [2.24, 2.45) is 0 Å². The molecule has 4 nitrogen and oxygen atoms in total. The number of hydrogen-bond donors (Lipinski definition) is 0. The summed E-state index contributed by atoms with van der Waals surface area (Å²) in [5.74, 6) is -0.407. The lowest BCUT2D eigenvalue weighted by Crippen LogP contribution is -2.12. The lowest BCUT2D eigenvalue weighted by atomic mass is 10.00. The molecule has 0 spiro atoms. The van der Waals surface area contributed by atoms with Crippen LogP contribution in [-0.4, -0.2) is 22.5 Å². The number of hydrogen-bond acceptors (Lipinski definition) is 5. The molecule has 0 amide bonds. The van der Waals surface area contributed by atoms with Crippen LogP contribution in [-0.2, 0) is 4.74 Å². The molecule has 0 saturated carbocycles. The molecule has 1 aromatic heterocycles. The summed E-state index contributed by atoms with van der Waals surface area (Å²) in [5, 5.41) is 2.64. The fourth-order valence-corrected chi connectivity index (χ4v) is 4.33. The predicted octanol–water partition coefficient (Wildman–Crippen LogP) is 6.81. The molecule has 33 heavy (non-hydrogen) atoms. The van der Waals surface area contributed by atoms with Gasteiger partial charge in [-0.1, -0.05) is 103 Å². The van der Waals surface area contributed by atoms with Gasteiger partial charge in [0, 0.05) is 5.56 Å². The van der Waals surface area contributed by atoms with Crippen molar-refractivity contribution in [3.63, 3.8) is 0 Å². The smallest absolute Gasteiger partial charge is 0.342 e. The Hall–Kier alpha value is -3.70. The molecule has 0 saturated heterocycles. The minimum atomic E-state index is -0.407. The number of ether oxygens (including phenoxy) is 1. The Bertz CT molecular complexity index is 1220. The number of esters is 1. The molecule has 4 aromatic rings. The van der Waals surface area contributed by atoms with E-state index < -0.39 is 5.97 Å². The molecule has 0 atom stereocenters. The van der Waals surface area contributed by atoms with Gasteiger partial charge in [-0.05, 0) is 36.0 Å². The minimum Gasteiger partial charge on any atom is -0.462 e. The molecule has 0 fully saturated rings. The third kappa shape index (κ3) is 5.38. The third-order valence-electron chi connectivity index (χ3n) is 5.05. The molecular weight excluding hydrogens is 428 g/mol. The lowest BCUT2D eigenvalue weighted by molar-refractivity contribution is 0.0525. The summed E-state index contributed by atoms with van der Waals surface area (Å²) < 4.78 is 5.29. The molecule has 0 bridgehead atoms. The minimum absolute atomic E-state index is 0.295. The van der Waals surface area contributed by atoms with Crippen LogP contribution in [0.25, 0.3) is 16.8 Å². The van der Waals surface area contributed by atoms with E-state index in [9.17, 15) is 4.79 Å². The Morgan fingerprint density at radius 2 is 1.39 bits per heavy atom. The summed E-state index contributed by atoms with van der Waals surface area (Å²) in [6.07, 6.45) is 0. The molecule has 1 heterocycles. The highest BCUT2D eigenvalue weighted by Gasteiger charge is 2.21. The molecule has 0 radical (unpaired) electrons. The van der Waals surface area contributed by atoms with Gasteiger partial charge in [0.2, 0.25) is 0 Å². The first kappa shape index (κ1) is 22.5. The average Bonchev–Trinajstić information content (AvgIpc) is 2.86. The Morgan fingerprint density at radius 3 is 1.94 bits per heavy atom. The van der Waals surface area contributed by atoms with Crippen LogP contribution < -0.4 is 0 Å². The maximum absolute atomic E-state index is 12.7. The normalized spacial score (nSPS) is 10.5. The summed E-state index contributed by atoms with van der Waals surface area (Å²) in [7, 11) is 0. The highest BCUT2D eigenvalue weighted by atomic mass is 32.2. The van der Waals surface area contributed by atoms with Crippen molar-refractivity contribution >= 4 is 23.3 Å². The Morgan fingerprint density at radius 1 is 0.848 bits per heavy atom. The van der Waals surface area contributed by atoms with Crippen LogP contribution >= 0.6 is 11.8 Å². The van der Waals surface area contributed by atoms with Gasteiger partial charge in [-0.25, -0.2) is 14.8 Å². The first-order valence-electron chi connectivity index (χ1n) is 10.8. The van der Waals surface area contributed by atoms with Gasteiger partial charge < -0.3 is 4.74 Å². The first-order valence-corrected chi connectivity index (χ1v) is 11.6. The summed E-state index contributed by atoms with van der Waals surface area (Å²) in [5.41, 5.74) is 5.74. The monoisotopic (exact) mass is 452 g/mol. The second kappa shape index (κ2) is 10.7. The molecule has 4 rings (SSSR count). The van der Waals surface area contributed by atoms with E-state index in [1.165, 1.54) is 11.8 Å². The number of nitrogens with zero attached hydrogens (tertiary/aromatic N) is 2. The van der Waals surface area contributed by atoms with Crippen molar-refractivity contribution in [1.29, 1.82) is 0 Å². The molecule has 0 aliphatic rings. The van der Waals surface area contributed by atoms with Crippen molar-refractivity contribution < 1.29 is 9.53 Å². The number of carbonyl (C=O) groups excluding carboxylic acids is 1. The topological polar surface area (TPSA) is 52.1 Å². The fraction of sp³-hybridized carbons (Fsp3) is 0.107. The molecule has 0 unspecified atom stereocenters. The molecule has 0 aliphatic carbocycles. The maximum Gasteiger partial charge on any atom is 0.342 e. The second-order valence-corrected chi connectivity index (χ2v) is 8.12. The van der Waals surface area contributed by atoms with Gasteiger partial charge in [0.1, 0.15) is 5.56 Å². The van der Waals surface area contributed by atoms with Crippen LogP contribution in [0.3, 0.4) is 0 Å². The SMILES string of the molecule is CCOC(=O)c1c(C)nc(SC=C(c2ccccc2)c2ccccc2)nc1-c1ccccc1. The zero-order chi connectivity index (χ0) is 23.0. The summed E-state index contributed by atoms with van der Waals surface area (Å²) in [4.78, 5) is 22.1. The number of thioether (sulfide) groups is 1. The van der Waals surface area contributed by atoms with Crippen LogP contribution in [0, 0.1) is 6.92 Å². The van der Waals surface area contributed by atoms with E-state index in [4.69, 9.17) is 9.72 Å². The van der Waals surface area contributed by atoms with Crippen molar-refractivity contribution in [2.75, 3.05) is 6.61 Å². The largest absolute Gasteiger partial charge is 0.462 e. The van der Waals surface area contributed by atoms with Crippen molar-refractivity contribution in [3.05, 3.63) is 119 Å². The number of aromatic nitrogens is 2. The molecule has 5 heteroatoms. The first-order chi connectivity index (χ1) is 16.2. The molecule has 0 N–H and O–H groups in total. The van der Waals surface area contributed by atoms with Gasteiger partial charge in [0.15, 0.2) is 5.16 Å². The molecule has 164 valence electrons. The summed E-state index contributed by atoms with van der Waals surface area (Å²) in [6, 6.07) is 30.1. The third-order valence-corrected chi connectivity index (χ3v) is 5.79. The van der Waals surface area contributed by atoms with Crippen LogP contribution in [0.5, 0.6) is 0 Å². The quantitative estimate of drug-likeness (QED) is 0.175.